The molecule has 1 aromatic heterocycles. The van der Waals surface area contributed by atoms with Crippen LogP contribution in [0.15, 0.2) is 71.3 Å². The molecule has 0 bridgehead atoms. The molecule has 8 nitrogen and oxygen atoms in total. The molecule has 1 atom stereocenters. The summed E-state index contributed by atoms with van der Waals surface area (Å²) < 4.78 is 0.794. The standard InChI is InChI=1S/C32H36BrN5O3/c33-26-14-15-29(34-21-26)36-30(39)20-28(32(41)38-18-4-1-5-19-38)35-31(40)24-12-10-23(11-13-24)27-9-3-2-8-25(27)22-37-16-6-7-17-37/h2-3,8-15,21,28H,1,4-7,16-20,22H2,(H,35,40)(H,34,36,39)/t28-/m1/s1. The number of anilines is 1. The molecule has 214 valence electrons. The molecule has 0 spiro atoms. The number of rotatable bonds is 9. The van der Waals surface area contributed by atoms with Gasteiger partial charge in [-0.25, -0.2) is 4.98 Å². The molecule has 0 radical (unpaired) electrons. The number of hydrogen-bond acceptors (Lipinski definition) is 5. The average molecular weight is 619 g/mol. The molecular weight excluding hydrogens is 582 g/mol. The van der Waals surface area contributed by atoms with Crippen LogP contribution >= 0.6 is 15.9 Å². The first-order valence-electron chi connectivity index (χ1n) is 14.4. The first-order valence-corrected chi connectivity index (χ1v) is 15.2. The predicted octanol–water partition coefficient (Wildman–Crippen LogP) is 5.25. The molecular formula is C32H36BrN5O3. The molecule has 3 amide bonds. The number of nitrogens with one attached hydrogen (secondary N) is 2. The Balaban J connectivity index is 1.28. The van der Waals surface area contributed by atoms with Crippen LogP contribution in [0.1, 0.15) is 54.4 Å². The minimum absolute atomic E-state index is 0.180. The maximum absolute atomic E-state index is 13.4. The highest BCUT2D eigenvalue weighted by atomic mass is 79.9. The molecule has 0 saturated carbocycles. The van der Waals surface area contributed by atoms with Crippen molar-refractivity contribution in [2.75, 3.05) is 31.5 Å². The van der Waals surface area contributed by atoms with E-state index in [1.54, 1.807) is 35.4 Å². The number of amides is 3. The van der Waals surface area contributed by atoms with Gasteiger partial charge in [0, 0.05) is 35.9 Å². The Kier molecular flexibility index (Phi) is 9.80. The molecule has 0 aliphatic carbocycles. The van der Waals surface area contributed by atoms with Crippen LogP contribution in [0.25, 0.3) is 11.1 Å². The number of pyridine rings is 1. The number of hydrogen-bond donors (Lipinski definition) is 2. The van der Waals surface area contributed by atoms with Gasteiger partial charge in [-0.15, -0.1) is 0 Å². The van der Waals surface area contributed by atoms with Crippen LogP contribution in [0.4, 0.5) is 5.82 Å². The summed E-state index contributed by atoms with van der Waals surface area (Å²) in [7, 11) is 0. The van der Waals surface area contributed by atoms with E-state index < -0.39 is 6.04 Å². The lowest BCUT2D eigenvalue weighted by Gasteiger charge is -2.30. The zero-order valence-corrected chi connectivity index (χ0v) is 24.7. The number of aromatic nitrogens is 1. The van der Waals surface area contributed by atoms with Crippen LogP contribution in [0.3, 0.4) is 0 Å². The topological polar surface area (TPSA) is 94.6 Å². The molecule has 3 heterocycles. The van der Waals surface area contributed by atoms with Crippen LogP contribution in [0.2, 0.25) is 0 Å². The lowest BCUT2D eigenvalue weighted by atomic mass is 9.98. The van der Waals surface area contributed by atoms with E-state index in [4.69, 9.17) is 0 Å². The van der Waals surface area contributed by atoms with Gasteiger partial charge >= 0.3 is 0 Å². The van der Waals surface area contributed by atoms with E-state index in [0.717, 1.165) is 54.5 Å². The van der Waals surface area contributed by atoms with E-state index in [1.165, 1.54) is 18.4 Å². The van der Waals surface area contributed by atoms with Crippen molar-refractivity contribution in [1.29, 1.82) is 0 Å². The molecule has 2 N–H and O–H groups in total. The maximum Gasteiger partial charge on any atom is 0.251 e. The summed E-state index contributed by atoms with van der Waals surface area (Å²) >= 11 is 3.33. The van der Waals surface area contributed by atoms with Crippen LogP contribution in [-0.4, -0.2) is 64.7 Å². The van der Waals surface area contributed by atoms with Crippen LogP contribution < -0.4 is 10.6 Å². The second-order valence-electron chi connectivity index (χ2n) is 10.7. The van der Waals surface area contributed by atoms with Crippen molar-refractivity contribution < 1.29 is 14.4 Å². The molecule has 9 heteroatoms. The maximum atomic E-state index is 13.4. The number of carbonyl (C=O) groups is 3. The lowest BCUT2D eigenvalue weighted by Crippen LogP contribution is -2.51. The predicted molar refractivity (Wildman–Crippen MR) is 163 cm³/mol. The van der Waals surface area contributed by atoms with Crippen LogP contribution in [-0.2, 0) is 16.1 Å². The number of piperidine rings is 1. The largest absolute Gasteiger partial charge is 0.341 e. The van der Waals surface area contributed by atoms with Crippen molar-refractivity contribution in [1.82, 2.24) is 20.1 Å². The highest BCUT2D eigenvalue weighted by Gasteiger charge is 2.29. The molecule has 2 saturated heterocycles. The van der Waals surface area contributed by atoms with Gasteiger partial charge in [0.25, 0.3) is 5.91 Å². The van der Waals surface area contributed by atoms with E-state index in [0.29, 0.717) is 24.5 Å². The minimum atomic E-state index is -0.975. The third-order valence-electron chi connectivity index (χ3n) is 7.72. The molecule has 2 fully saturated rings. The van der Waals surface area contributed by atoms with Gasteiger partial charge in [-0.1, -0.05) is 36.4 Å². The molecule has 0 unspecified atom stereocenters. The Labute approximate surface area is 249 Å². The number of nitrogens with zero attached hydrogens (tertiary/aromatic N) is 3. The second-order valence-corrected chi connectivity index (χ2v) is 11.7. The van der Waals surface area contributed by atoms with E-state index in [2.05, 4.69) is 54.6 Å². The Bertz CT molecular complexity index is 1350. The number of benzene rings is 2. The van der Waals surface area contributed by atoms with Gasteiger partial charge in [0.15, 0.2) is 0 Å². The number of likely N-dealkylation sites (tertiary alicyclic amines) is 2. The summed E-state index contributed by atoms with van der Waals surface area (Å²) in [5, 5.41) is 5.58. The van der Waals surface area contributed by atoms with Gasteiger partial charge in [0.2, 0.25) is 11.8 Å². The highest BCUT2D eigenvalue weighted by Crippen LogP contribution is 2.26. The molecule has 3 aromatic rings. The monoisotopic (exact) mass is 617 g/mol. The fourth-order valence-electron chi connectivity index (χ4n) is 5.53. The zero-order valence-electron chi connectivity index (χ0n) is 23.2. The Morgan fingerprint density at radius 3 is 2.27 bits per heavy atom. The normalized spacial score (nSPS) is 16.3. The van der Waals surface area contributed by atoms with Gasteiger partial charge in [0.05, 0.1) is 6.42 Å². The fraction of sp³-hybridized carbons (Fsp3) is 0.375. The number of halogens is 1. The summed E-state index contributed by atoms with van der Waals surface area (Å²) in [5.74, 6) is -0.619. The van der Waals surface area contributed by atoms with Crippen molar-refractivity contribution >= 4 is 39.5 Å². The van der Waals surface area contributed by atoms with Crippen molar-refractivity contribution in [3.63, 3.8) is 0 Å². The minimum Gasteiger partial charge on any atom is -0.341 e. The van der Waals surface area contributed by atoms with Gasteiger partial charge in [-0.2, -0.15) is 0 Å². The van der Waals surface area contributed by atoms with Gasteiger partial charge in [-0.3, -0.25) is 19.3 Å². The third kappa shape index (κ3) is 7.80. The summed E-state index contributed by atoms with van der Waals surface area (Å²) in [5.41, 5.74) is 3.91. The van der Waals surface area contributed by atoms with E-state index in [9.17, 15) is 14.4 Å². The zero-order chi connectivity index (χ0) is 28.6. The van der Waals surface area contributed by atoms with E-state index in [1.807, 2.05) is 18.2 Å². The fourth-order valence-corrected chi connectivity index (χ4v) is 5.76. The molecule has 2 aromatic carbocycles. The van der Waals surface area contributed by atoms with Crippen molar-refractivity contribution in [3.05, 3.63) is 82.5 Å². The smallest absolute Gasteiger partial charge is 0.251 e. The van der Waals surface area contributed by atoms with Crippen LogP contribution in [0.5, 0.6) is 0 Å². The lowest BCUT2D eigenvalue weighted by molar-refractivity contribution is -0.135. The van der Waals surface area contributed by atoms with Crippen molar-refractivity contribution in [2.45, 2.75) is 51.1 Å². The van der Waals surface area contributed by atoms with Gasteiger partial charge < -0.3 is 15.5 Å². The Hall–Kier alpha value is -3.56. The SMILES string of the molecule is O=C(C[C@@H](NC(=O)c1ccc(-c2ccccc2CN2CCCC2)cc1)C(=O)N1CCCCC1)Nc1ccc(Br)cn1. The summed E-state index contributed by atoms with van der Waals surface area (Å²) in [6.07, 6.45) is 6.81. The first kappa shape index (κ1) is 29.0. The highest BCUT2D eigenvalue weighted by molar-refractivity contribution is 9.10. The summed E-state index contributed by atoms with van der Waals surface area (Å²) in [6, 6.07) is 18.3. The molecule has 41 heavy (non-hydrogen) atoms. The van der Waals surface area contributed by atoms with Crippen LogP contribution in [0, 0.1) is 0 Å². The van der Waals surface area contributed by atoms with Gasteiger partial charge in [0.1, 0.15) is 11.9 Å². The van der Waals surface area contributed by atoms with E-state index >= 15 is 0 Å². The van der Waals surface area contributed by atoms with Crippen molar-refractivity contribution in [3.8, 4) is 11.1 Å². The summed E-state index contributed by atoms with van der Waals surface area (Å²) in [6.45, 7) is 4.43. The second kappa shape index (κ2) is 13.9. The van der Waals surface area contributed by atoms with Crippen molar-refractivity contribution in [2.24, 2.45) is 0 Å². The van der Waals surface area contributed by atoms with E-state index in [-0.39, 0.29) is 24.1 Å². The van der Waals surface area contributed by atoms with Gasteiger partial charge in [-0.05, 0) is 102 Å². The first-order chi connectivity index (χ1) is 20.0. The molecule has 2 aliphatic heterocycles. The molecule has 5 rings (SSSR count). The summed E-state index contributed by atoms with van der Waals surface area (Å²) in [4.78, 5) is 48.0. The molecule has 2 aliphatic rings. The quantitative estimate of drug-likeness (QED) is 0.342. The Morgan fingerprint density at radius 1 is 0.854 bits per heavy atom. The third-order valence-corrected chi connectivity index (χ3v) is 8.19. The number of carbonyl (C=O) groups excluding carboxylic acids is 3. The Morgan fingerprint density at radius 2 is 1.56 bits per heavy atom. The average Bonchev–Trinajstić information content (AvgIpc) is 3.51.